The minimum absolute atomic E-state index is 0. The topological polar surface area (TPSA) is 92.1 Å². The van der Waals surface area contributed by atoms with Gasteiger partial charge in [-0.15, -0.1) is 0 Å². The van der Waals surface area contributed by atoms with E-state index in [1.165, 1.54) is 6.26 Å². The van der Waals surface area contributed by atoms with Crippen molar-refractivity contribution in [3.8, 4) is 0 Å². The van der Waals surface area contributed by atoms with Crippen molar-refractivity contribution in [3.05, 3.63) is 12.4 Å². The Kier molecular flexibility index (Phi) is 8.59. The normalized spacial score (nSPS) is 13.1. The zero-order valence-electron chi connectivity index (χ0n) is 9.83. The number of rotatable bonds is 6. The van der Waals surface area contributed by atoms with Crippen LogP contribution in [0.4, 0.5) is 0 Å². The molecular weight excluding hydrogens is 291 g/mol. The molecule has 1 atom stereocenters. The van der Waals surface area contributed by atoms with Crippen LogP contribution in [0.3, 0.4) is 0 Å². The van der Waals surface area contributed by atoms with Gasteiger partial charge in [0, 0.05) is 30.9 Å². The third kappa shape index (κ3) is 7.16. The van der Waals surface area contributed by atoms with Gasteiger partial charge in [0.15, 0.2) is 5.16 Å². The molecule has 0 fully saturated rings. The van der Waals surface area contributed by atoms with Crippen LogP contribution >= 0.6 is 0 Å². The van der Waals surface area contributed by atoms with E-state index in [0.29, 0.717) is 24.5 Å². The summed E-state index contributed by atoms with van der Waals surface area (Å²) in [6.07, 6.45) is 5.60. The molecule has 1 aromatic rings. The number of unbranched alkanes of at least 4 members (excludes halogenated alkanes) is 1. The minimum atomic E-state index is -4.13. The minimum Gasteiger partial charge on any atom is -0.748 e. The molecule has 1 rings (SSSR count). The SMILES string of the molecule is CS(=O)c1nccn1CCCCS(=O)(=O)[O-].[K+]. The average Bonchev–Trinajstić information content (AvgIpc) is 2.58. The van der Waals surface area contributed by atoms with Crippen molar-refractivity contribution in [2.75, 3.05) is 12.0 Å². The van der Waals surface area contributed by atoms with Crippen LogP contribution in [0, 0.1) is 0 Å². The Balaban J connectivity index is 0.00000256. The second-order valence-electron chi connectivity index (χ2n) is 3.33. The quantitative estimate of drug-likeness (QED) is 0.316. The molecule has 0 bridgehead atoms. The van der Waals surface area contributed by atoms with E-state index >= 15 is 0 Å². The fourth-order valence-electron chi connectivity index (χ4n) is 1.29. The number of nitrogens with zero attached hydrogens (tertiary/aromatic N) is 2. The molecule has 0 radical (unpaired) electrons. The Hall–Kier alpha value is 0.906. The van der Waals surface area contributed by atoms with Gasteiger partial charge in [-0.2, -0.15) is 0 Å². The first-order valence-corrected chi connectivity index (χ1v) is 7.82. The molecule has 0 N–H and O–H groups in total. The molecule has 92 valence electrons. The molecule has 0 aliphatic rings. The van der Waals surface area contributed by atoms with Crippen molar-refractivity contribution >= 4 is 20.9 Å². The van der Waals surface area contributed by atoms with Crippen molar-refractivity contribution in [1.29, 1.82) is 0 Å². The van der Waals surface area contributed by atoms with Crippen LogP contribution in [-0.4, -0.2) is 38.7 Å². The fraction of sp³-hybridized carbons (Fsp3) is 0.625. The summed E-state index contributed by atoms with van der Waals surface area (Å²) in [5.41, 5.74) is 0. The molecule has 1 heterocycles. The summed E-state index contributed by atoms with van der Waals surface area (Å²) in [6, 6.07) is 0. The monoisotopic (exact) mass is 304 g/mol. The van der Waals surface area contributed by atoms with Gasteiger partial charge in [0.25, 0.3) is 0 Å². The third-order valence-electron chi connectivity index (χ3n) is 1.98. The standard InChI is InChI=1S/C8H14N2O4S2.K/c1-15(11)8-9-4-6-10(8)5-2-3-7-16(12,13)14;/h4,6H,2-3,5,7H2,1H3,(H,12,13,14);/q;+1/p-1. The van der Waals surface area contributed by atoms with E-state index in [4.69, 9.17) is 0 Å². The molecule has 6 nitrogen and oxygen atoms in total. The van der Waals surface area contributed by atoms with Gasteiger partial charge in [-0.3, -0.25) is 4.21 Å². The smallest absolute Gasteiger partial charge is 0.748 e. The van der Waals surface area contributed by atoms with Gasteiger partial charge in [0.05, 0.1) is 20.9 Å². The maximum atomic E-state index is 11.2. The van der Waals surface area contributed by atoms with Crippen molar-refractivity contribution < 1.29 is 68.6 Å². The van der Waals surface area contributed by atoms with Gasteiger partial charge in [-0.25, -0.2) is 13.4 Å². The van der Waals surface area contributed by atoms with Crippen LogP contribution in [0.1, 0.15) is 12.8 Å². The van der Waals surface area contributed by atoms with E-state index in [2.05, 4.69) is 4.98 Å². The van der Waals surface area contributed by atoms with Crippen molar-refractivity contribution in [2.45, 2.75) is 24.5 Å². The molecule has 1 unspecified atom stereocenters. The molecule has 9 heteroatoms. The van der Waals surface area contributed by atoms with Crippen LogP contribution in [0.25, 0.3) is 0 Å². The van der Waals surface area contributed by atoms with Crippen LogP contribution in [0.5, 0.6) is 0 Å². The number of aryl methyl sites for hydroxylation is 1. The Morgan fingerprint density at radius 2 is 2.12 bits per heavy atom. The maximum absolute atomic E-state index is 11.2. The molecule has 0 aromatic carbocycles. The van der Waals surface area contributed by atoms with Gasteiger partial charge >= 0.3 is 51.4 Å². The zero-order valence-corrected chi connectivity index (χ0v) is 14.6. The summed E-state index contributed by atoms with van der Waals surface area (Å²) >= 11 is 0. The van der Waals surface area contributed by atoms with E-state index in [-0.39, 0.29) is 57.1 Å². The second kappa shape index (κ2) is 8.15. The largest absolute Gasteiger partial charge is 1.00 e. The van der Waals surface area contributed by atoms with Gasteiger partial charge in [-0.05, 0) is 12.8 Å². The zero-order chi connectivity index (χ0) is 12.2. The molecule has 0 amide bonds. The van der Waals surface area contributed by atoms with Crippen molar-refractivity contribution in [2.24, 2.45) is 0 Å². The van der Waals surface area contributed by atoms with Gasteiger partial charge < -0.3 is 9.12 Å². The number of imidazole rings is 1. The summed E-state index contributed by atoms with van der Waals surface area (Å²) in [7, 11) is -5.29. The van der Waals surface area contributed by atoms with E-state index in [9.17, 15) is 17.2 Å². The third-order valence-corrected chi connectivity index (χ3v) is 3.62. The molecular formula is C8H13KN2O4S2. The van der Waals surface area contributed by atoms with Crippen molar-refractivity contribution in [1.82, 2.24) is 9.55 Å². The molecule has 0 spiro atoms. The van der Waals surface area contributed by atoms with Crippen LogP contribution < -0.4 is 51.4 Å². The Morgan fingerprint density at radius 3 is 2.65 bits per heavy atom. The van der Waals surface area contributed by atoms with Gasteiger partial charge in [0.1, 0.15) is 0 Å². The fourth-order valence-corrected chi connectivity index (χ4v) is 2.54. The molecule has 0 aliphatic carbocycles. The van der Waals surface area contributed by atoms with E-state index in [1.807, 2.05) is 0 Å². The predicted octanol–water partition coefficient (Wildman–Crippen LogP) is -3.05. The molecule has 1 aromatic heterocycles. The molecule has 17 heavy (non-hydrogen) atoms. The summed E-state index contributed by atoms with van der Waals surface area (Å²) < 4.78 is 43.9. The summed E-state index contributed by atoms with van der Waals surface area (Å²) in [4.78, 5) is 3.93. The summed E-state index contributed by atoms with van der Waals surface area (Å²) in [5.74, 6) is -0.355. The van der Waals surface area contributed by atoms with Crippen LogP contribution in [-0.2, 0) is 27.5 Å². The first-order valence-electron chi connectivity index (χ1n) is 4.68. The van der Waals surface area contributed by atoms with Crippen LogP contribution in [0.2, 0.25) is 0 Å². The Bertz CT molecular complexity index is 472. The van der Waals surface area contributed by atoms with Crippen molar-refractivity contribution in [3.63, 3.8) is 0 Å². The number of hydrogen-bond donors (Lipinski definition) is 0. The molecule has 0 aliphatic heterocycles. The predicted molar refractivity (Wildman–Crippen MR) is 58.4 cm³/mol. The maximum Gasteiger partial charge on any atom is 1.00 e. The van der Waals surface area contributed by atoms with Gasteiger partial charge in [0.2, 0.25) is 0 Å². The molecule has 0 saturated heterocycles. The average molecular weight is 304 g/mol. The van der Waals surface area contributed by atoms with Gasteiger partial charge in [-0.1, -0.05) is 0 Å². The first-order chi connectivity index (χ1) is 7.40. The Morgan fingerprint density at radius 1 is 1.47 bits per heavy atom. The Labute approximate surface area is 146 Å². The van der Waals surface area contributed by atoms with E-state index < -0.39 is 20.9 Å². The van der Waals surface area contributed by atoms with Crippen LogP contribution in [0.15, 0.2) is 17.6 Å². The second-order valence-corrected chi connectivity index (χ2v) is 6.12. The number of aromatic nitrogens is 2. The first kappa shape index (κ1) is 17.9. The summed E-state index contributed by atoms with van der Waals surface area (Å²) in [5, 5.41) is 0.463. The molecule has 0 saturated carbocycles. The summed E-state index contributed by atoms with van der Waals surface area (Å²) in [6.45, 7) is 0.518. The number of hydrogen-bond acceptors (Lipinski definition) is 5. The van der Waals surface area contributed by atoms with E-state index in [0.717, 1.165) is 0 Å². The van der Waals surface area contributed by atoms with E-state index in [1.54, 1.807) is 17.0 Å².